The van der Waals surface area contributed by atoms with Crippen LogP contribution in [0, 0.1) is 22.7 Å². The number of aromatic nitrogens is 1. The Kier molecular flexibility index (Phi) is 8.66. The fourth-order valence-electron chi connectivity index (χ4n) is 3.46. The second kappa shape index (κ2) is 11.9. The largest absolute Gasteiger partial charge is 0.462 e. The lowest BCUT2D eigenvalue weighted by atomic mass is 9.94. The Morgan fingerprint density at radius 2 is 1.69 bits per heavy atom. The number of ether oxygens (including phenoxy) is 1. The zero-order chi connectivity index (χ0) is 26.2. The smallest absolute Gasteiger partial charge is 0.338 e. The second-order valence-corrected chi connectivity index (χ2v) is 9.03. The first-order valence-electron chi connectivity index (χ1n) is 11.2. The minimum Gasteiger partial charge on any atom is -0.462 e. The van der Waals surface area contributed by atoms with Crippen LogP contribution >= 0.6 is 11.8 Å². The summed E-state index contributed by atoms with van der Waals surface area (Å²) >= 11 is 1.05. The summed E-state index contributed by atoms with van der Waals surface area (Å²) in [6, 6.07) is 18.1. The van der Waals surface area contributed by atoms with Crippen molar-refractivity contribution in [3.8, 4) is 23.3 Å². The summed E-state index contributed by atoms with van der Waals surface area (Å²) in [7, 11) is 0. The number of nitrogens with zero attached hydrogens (tertiary/aromatic N) is 3. The summed E-state index contributed by atoms with van der Waals surface area (Å²) in [5.74, 6) is -0.483. The van der Waals surface area contributed by atoms with E-state index in [0.717, 1.165) is 17.3 Å². The fourth-order valence-corrected chi connectivity index (χ4v) is 4.26. The number of anilines is 2. The van der Waals surface area contributed by atoms with Crippen molar-refractivity contribution in [2.24, 2.45) is 0 Å². The van der Waals surface area contributed by atoms with Gasteiger partial charge in [0.15, 0.2) is 0 Å². The van der Waals surface area contributed by atoms with E-state index in [9.17, 15) is 20.1 Å². The van der Waals surface area contributed by atoms with Crippen molar-refractivity contribution in [2.75, 3.05) is 23.4 Å². The van der Waals surface area contributed by atoms with Gasteiger partial charge in [-0.2, -0.15) is 10.5 Å². The maximum Gasteiger partial charge on any atom is 0.338 e. The van der Waals surface area contributed by atoms with Gasteiger partial charge in [0.05, 0.1) is 23.5 Å². The molecule has 0 bridgehead atoms. The van der Waals surface area contributed by atoms with E-state index in [-0.39, 0.29) is 40.2 Å². The summed E-state index contributed by atoms with van der Waals surface area (Å²) in [5, 5.41) is 22.6. The number of pyridine rings is 1. The van der Waals surface area contributed by atoms with E-state index in [2.05, 4.69) is 36.3 Å². The van der Waals surface area contributed by atoms with Crippen molar-refractivity contribution >= 4 is 35.1 Å². The van der Waals surface area contributed by atoms with Gasteiger partial charge in [0.2, 0.25) is 5.91 Å². The van der Waals surface area contributed by atoms with Gasteiger partial charge in [-0.3, -0.25) is 4.79 Å². The lowest BCUT2D eigenvalue weighted by molar-refractivity contribution is -0.113. The molecule has 36 heavy (non-hydrogen) atoms. The lowest BCUT2D eigenvalue weighted by Crippen LogP contribution is -2.15. The molecule has 0 aliphatic carbocycles. The summed E-state index contributed by atoms with van der Waals surface area (Å²) in [6.07, 6.45) is 0. The average molecular weight is 500 g/mol. The number of amides is 1. The maximum absolute atomic E-state index is 12.6. The lowest BCUT2D eigenvalue weighted by Gasteiger charge is -2.14. The first-order chi connectivity index (χ1) is 17.3. The number of benzene rings is 2. The third-order valence-corrected chi connectivity index (χ3v) is 6.28. The van der Waals surface area contributed by atoms with E-state index in [1.807, 2.05) is 24.3 Å². The highest BCUT2D eigenvalue weighted by molar-refractivity contribution is 8.00. The Morgan fingerprint density at radius 3 is 2.25 bits per heavy atom. The quantitative estimate of drug-likeness (QED) is 0.322. The third-order valence-electron chi connectivity index (χ3n) is 5.30. The molecule has 9 heteroatoms. The SMILES string of the molecule is CCOC(=O)c1ccc(NC(=O)CSc2nc(N)c(C#N)c(-c3ccc(C(C)C)cc3)c2C#N)cc1. The topological polar surface area (TPSA) is 142 Å². The number of hydrogen-bond donors (Lipinski definition) is 2. The monoisotopic (exact) mass is 499 g/mol. The van der Waals surface area contributed by atoms with Crippen LogP contribution in [0.3, 0.4) is 0 Å². The molecule has 1 aromatic heterocycles. The number of thioether (sulfide) groups is 1. The van der Waals surface area contributed by atoms with E-state index in [4.69, 9.17) is 10.5 Å². The third kappa shape index (κ3) is 6.01. The molecule has 0 aliphatic rings. The van der Waals surface area contributed by atoms with E-state index in [1.165, 1.54) is 0 Å². The second-order valence-electron chi connectivity index (χ2n) is 8.06. The number of nitrogens with two attached hydrogens (primary N) is 1. The van der Waals surface area contributed by atoms with Gasteiger partial charge in [-0.05, 0) is 48.2 Å². The van der Waals surface area contributed by atoms with E-state index in [1.54, 1.807) is 31.2 Å². The Labute approximate surface area is 214 Å². The molecule has 1 amide bonds. The van der Waals surface area contributed by atoms with Crippen LogP contribution in [0.25, 0.3) is 11.1 Å². The zero-order valence-corrected chi connectivity index (χ0v) is 21.0. The molecule has 3 rings (SSSR count). The van der Waals surface area contributed by atoms with Gasteiger partial charge in [-0.25, -0.2) is 9.78 Å². The minimum absolute atomic E-state index is 0.00287. The van der Waals surface area contributed by atoms with Gasteiger partial charge in [0.1, 0.15) is 28.5 Å². The standard InChI is InChI=1S/C27H25N5O3S/c1-4-35-27(34)19-9-11-20(12-10-19)31-23(33)15-36-26-22(14-29)24(21(13-28)25(30)32-26)18-7-5-17(6-8-18)16(2)3/h5-12,16H,4,15H2,1-3H3,(H2,30,32)(H,31,33). The van der Waals surface area contributed by atoms with E-state index < -0.39 is 5.97 Å². The highest BCUT2D eigenvalue weighted by atomic mass is 32.2. The van der Waals surface area contributed by atoms with Crippen LogP contribution in [0.2, 0.25) is 0 Å². The van der Waals surface area contributed by atoms with Gasteiger partial charge in [0.25, 0.3) is 0 Å². The Balaban J connectivity index is 1.82. The molecule has 2 aromatic carbocycles. The number of rotatable bonds is 8. The van der Waals surface area contributed by atoms with Gasteiger partial charge in [-0.1, -0.05) is 49.9 Å². The van der Waals surface area contributed by atoms with Crippen LogP contribution in [0.5, 0.6) is 0 Å². The molecule has 3 N–H and O–H groups in total. The molecule has 3 aromatic rings. The highest BCUT2D eigenvalue weighted by Gasteiger charge is 2.21. The Morgan fingerprint density at radius 1 is 1.06 bits per heavy atom. The molecule has 182 valence electrons. The molecular weight excluding hydrogens is 474 g/mol. The molecule has 0 unspecified atom stereocenters. The normalized spacial score (nSPS) is 10.4. The molecule has 0 atom stereocenters. The van der Waals surface area contributed by atoms with Crippen LogP contribution in [0.1, 0.15) is 53.7 Å². The van der Waals surface area contributed by atoms with E-state index in [0.29, 0.717) is 28.3 Å². The maximum atomic E-state index is 12.6. The van der Waals surface area contributed by atoms with Crippen LogP contribution in [0.4, 0.5) is 11.5 Å². The van der Waals surface area contributed by atoms with Crippen molar-refractivity contribution in [1.29, 1.82) is 10.5 Å². The van der Waals surface area contributed by atoms with Crippen LogP contribution in [0.15, 0.2) is 53.6 Å². The van der Waals surface area contributed by atoms with E-state index >= 15 is 0 Å². The molecule has 0 saturated heterocycles. The number of nitrogens with one attached hydrogen (secondary N) is 1. The van der Waals surface area contributed by atoms with Gasteiger partial charge in [-0.15, -0.1) is 0 Å². The summed E-state index contributed by atoms with van der Waals surface area (Å²) < 4.78 is 4.95. The van der Waals surface area contributed by atoms with Crippen LogP contribution in [-0.4, -0.2) is 29.2 Å². The highest BCUT2D eigenvalue weighted by Crippen LogP contribution is 2.36. The minimum atomic E-state index is -0.436. The van der Waals surface area contributed by atoms with Gasteiger partial charge < -0.3 is 15.8 Å². The number of hydrogen-bond acceptors (Lipinski definition) is 8. The number of nitriles is 2. The molecule has 8 nitrogen and oxygen atoms in total. The summed E-state index contributed by atoms with van der Waals surface area (Å²) in [5.41, 5.74) is 9.47. The number of esters is 1. The van der Waals surface area contributed by atoms with Crippen molar-refractivity contribution < 1.29 is 14.3 Å². The zero-order valence-electron chi connectivity index (χ0n) is 20.2. The van der Waals surface area contributed by atoms with Crippen molar-refractivity contribution in [3.05, 3.63) is 70.8 Å². The van der Waals surface area contributed by atoms with Crippen molar-refractivity contribution in [3.63, 3.8) is 0 Å². The molecule has 0 aliphatic heterocycles. The first-order valence-corrected chi connectivity index (χ1v) is 12.2. The van der Waals surface area contributed by atoms with Crippen molar-refractivity contribution in [1.82, 2.24) is 4.98 Å². The number of nitrogen functional groups attached to an aromatic ring is 1. The molecule has 0 fully saturated rings. The predicted octanol–water partition coefficient (Wildman–Crippen LogP) is 5.11. The Bertz CT molecular complexity index is 1350. The number of carbonyl (C=O) groups is 2. The fraction of sp³-hybridized carbons (Fsp3) is 0.222. The number of carbonyl (C=O) groups excluding carboxylic acids is 2. The van der Waals surface area contributed by atoms with Crippen molar-refractivity contribution in [2.45, 2.75) is 31.7 Å². The first kappa shape index (κ1) is 26.3. The van der Waals surface area contributed by atoms with Gasteiger partial charge >= 0.3 is 5.97 Å². The molecule has 0 saturated carbocycles. The van der Waals surface area contributed by atoms with Gasteiger partial charge in [0, 0.05) is 11.3 Å². The summed E-state index contributed by atoms with van der Waals surface area (Å²) in [4.78, 5) is 28.6. The molecule has 0 spiro atoms. The molecule has 0 radical (unpaired) electrons. The molecule has 1 heterocycles. The average Bonchev–Trinajstić information content (AvgIpc) is 2.87. The van der Waals surface area contributed by atoms with Crippen LogP contribution < -0.4 is 11.1 Å². The summed E-state index contributed by atoms with van der Waals surface area (Å²) in [6.45, 7) is 6.16. The van der Waals surface area contributed by atoms with Crippen LogP contribution in [-0.2, 0) is 9.53 Å². The predicted molar refractivity (Wildman–Crippen MR) is 139 cm³/mol. The molecular formula is C27H25N5O3S. The Hall–Kier alpha value is -4.34.